The number of aliphatic hydroxyl groups is 1. The van der Waals surface area contributed by atoms with Crippen LogP contribution in [0.5, 0.6) is 0 Å². The summed E-state index contributed by atoms with van der Waals surface area (Å²) in [5, 5.41) is 34.8. The third-order valence-corrected chi connectivity index (χ3v) is 1.76. The molecule has 0 aliphatic heterocycles. The van der Waals surface area contributed by atoms with Crippen molar-refractivity contribution in [2.75, 3.05) is 0 Å². The van der Waals surface area contributed by atoms with Crippen molar-refractivity contribution in [1.29, 1.82) is 0 Å². The van der Waals surface area contributed by atoms with Crippen molar-refractivity contribution in [2.24, 2.45) is 0 Å². The Morgan fingerprint density at radius 3 is 1.53 bits per heavy atom. The van der Waals surface area contributed by atoms with Crippen molar-refractivity contribution in [3.8, 4) is 0 Å². The molecule has 7 nitrogen and oxygen atoms in total. The van der Waals surface area contributed by atoms with Crippen molar-refractivity contribution in [1.82, 2.24) is 0 Å². The lowest BCUT2D eigenvalue weighted by molar-refractivity contribution is -0.151. The molecule has 0 bridgehead atoms. The maximum atomic E-state index is 10.3. The minimum Gasteiger partial charge on any atom is -0.481 e. The summed E-state index contributed by atoms with van der Waals surface area (Å²) >= 11 is 0. The van der Waals surface area contributed by atoms with Crippen LogP contribution in [0, 0.1) is 0 Å². The zero-order valence-electron chi connectivity index (χ0n) is 7.84. The van der Waals surface area contributed by atoms with Gasteiger partial charge in [0.15, 0.2) is 0 Å². The molecule has 0 saturated carbocycles. The molecule has 0 aliphatic rings. The summed E-state index contributed by atoms with van der Waals surface area (Å²) in [5.41, 5.74) is -2.00. The lowest BCUT2D eigenvalue weighted by atomic mass is 9.90. The Labute approximate surface area is 85.0 Å². The molecule has 0 fully saturated rings. The summed E-state index contributed by atoms with van der Waals surface area (Å²) in [6.45, 7) is 0. The first-order valence-electron chi connectivity index (χ1n) is 4.13. The summed E-state index contributed by atoms with van der Waals surface area (Å²) in [5.74, 6) is -3.96. The van der Waals surface area contributed by atoms with Gasteiger partial charge in [-0.05, 0) is 6.42 Å². The van der Waals surface area contributed by atoms with Crippen LogP contribution in [-0.2, 0) is 14.4 Å². The quantitative estimate of drug-likeness (QED) is 0.456. The molecule has 0 unspecified atom stereocenters. The maximum Gasteiger partial charge on any atom is 0.306 e. The van der Waals surface area contributed by atoms with E-state index in [0.717, 1.165) is 0 Å². The second-order valence-corrected chi connectivity index (χ2v) is 3.26. The largest absolute Gasteiger partial charge is 0.481 e. The number of hydrogen-bond acceptors (Lipinski definition) is 4. The minimum absolute atomic E-state index is 0.402. The average molecular weight is 220 g/mol. The van der Waals surface area contributed by atoms with Crippen LogP contribution in [0.15, 0.2) is 0 Å². The molecule has 0 saturated heterocycles. The van der Waals surface area contributed by atoms with Gasteiger partial charge in [-0.3, -0.25) is 14.4 Å². The lowest BCUT2D eigenvalue weighted by Crippen LogP contribution is -2.35. The SMILES string of the molecule is O=C(O)CCC(O)(CC(=O)O)CC(=O)O. The Kier molecular flexibility index (Phi) is 4.72. The van der Waals surface area contributed by atoms with Gasteiger partial charge in [-0.1, -0.05) is 0 Å². The zero-order valence-corrected chi connectivity index (χ0v) is 7.84. The van der Waals surface area contributed by atoms with E-state index in [4.69, 9.17) is 15.3 Å². The summed E-state index contributed by atoms with van der Waals surface area (Å²) < 4.78 is 0. The molecule has 0 aliphatic carbocycles. The van der Waals surface area contributed by atoms with Gasteiger partial charge in [0, 0.05) is 6.42 Å². The van der Waals surface area contributed by atoms with Gasteiger partial charge < -0.3 is 20.4 Å². The lowest BCUT2D eigenvalue weighted by Gasteiger charge is -2.23. The van der Waals surface area contributed by atoms with Gasteiger partial charge in [-0.25, -0.2) is 0 Å². The van der Waals surface area contributed by atoms with Crippen molar-refractivity contribution in [2.45, 2.75) is 31.3 Å². The Hall–Kier alpha value is -1.63. The van der Waals surface area contributed by atoms with E-state index in [9.17, 15) is 19.5 Å². The molecular weight excluding hydrogens is 208 g/mol. The summed E-state index contributed by atoms with van der Waals surface area (Å²) in [6.07, 6.45) is -2.45. The fraction of sp³-hybridized carbons (Fsp3) is 0.625. The molecule has 86 valence electrons. The molecule has 0 aromatic heterocycles. The van der Waals surface area contributed by atoms with E-state index in [1.54, 1.807) is 0 Å². The Morgan fingerprint density at radius 2 is 1.27 bits per heavy atom. The Balaban J connectivity index is 4.46. The number of carbonyl (C=O) groups is 3. The molecule has 0 rings (SSSR count). The highest BCUT2D eigenvalue weighted by molar-refractivity contribution is 5.73. The average Bonchev–Trinajstić information content (AvgIpc) is 1.97. The summed E-state index contributed by atoms with van der Waals surface area (Å²) in [4.78, 5) is 30.9. The van der Waals surface area contributed by atoms with Gasteiger partial charge in [-0.2, -0.15) is 0 Å². The van der Waals surface area contributed by atoms with E-state index in [0.29, 0.717) is 0 Å². The molecular formula is C8H12O7. The Bertz CT molecular complexity index is 254. The van der Waals surface area contributed by atoms with Crippen molar-refractivity contribution in [3.05, 3.63) is 0 Å². The molecule has 7 heteroatoms. The number of rotatable bonds is 7. The van der Waals surface area contributed by atoms with E-state index in [2.05, 4.69) is 0 Å². The molecule has 0 aromatic rings. The highest BCUT2D eigenvalue weighted by Gasteiger charge is 2.33. The van der Waals surface area contributed by atoms with Crippen LogP contribution in [0.2, 0.25) is 0 Å². The van der Waals surface area contributed by atoms with E-state index >= 15 is 0 Å². The van der Waals surface area contributed by atoms with E-state index in [-0.39, 0.29) is 0 Å². The molecule has 0 radical (unpaired) electrons. The van der Waals surface area contributed by atoms with E-state index < -0.39 is 49.2 Å². The molecule has 0 amide bonds. The third kappa shape index (κ3) is 6.44. The first kappa shape index (κ1) is 13.4. The maximum absolute atomic E-state index is 10.3. The van der Waals surface area contributed by atoms with Crippen molar-refractivity contribution >= 4 is 17.9 Å². The first-order valence-corrected chi connectivity index (χ1v) is 4.13. The van der Waals surface area contributed by atoms with Crippen LogP contribution in [0.25, 0.3) is 0 Å². The molecule has 0 heterocycles. The van der Waals surface area contributed by atoms with Gasteiger partial charge >= 0.3 is 17.9 Å². The van der Waals surface area contributed by atoms with Crippen LogP contribution < -0.4 is 0 Å². The number of hydrogen-bond donors (Lipinski definition) is 4. The number of carboxylic acids is 3. The molecule has 4 N–H and O–H groups in total. The number of carboxylic acid groups (broad SMARTS) is 3. The fourth-order valence-electron chi connectivity index (χ4n) is 1.14. The van der Waals surface area contributed by atoms with Gasteiger partial charge in [0.1, 0.15) is 0 Å². The minimum atomic E-state index is -2.00. The highest BCUT2D eigenvalue weighted by Crippen LogP contribution is 2.22. The molecule has 0 atom stereocenters. The normalized spacial score (nSPS) is 11.0. The van der Waals surface area contributed by atoms with E-state index in [1.807, 2.05) is 0 Å². The molecule has 15 heavy (non-hydrogen) atoms. The standard InChI is InChI=1S/C8H12O7/c9-5(10)1-2-8(15,3-6(11)12)4-7(13)14/h15H,1-4H2,(H,9,10)(H,11,12)(H,13,14). The van der Waals surface area contributed by atoms with Crippen LogP contribution in [0.3, 0.4) is 0 Å². The van der Waals surface area contributed by atoms with Crippen LogP contribution >= 0.6 is 0 Å². The van der Waals surface area contributed by atoms with Crippen molar-refractivity contribution < 1.29 is 34.8 Å². The smallest absolute Gasteiger partial charge is 0.306 e. The topological polar surface area (TPSA) is 132 Å². The predicted octanol–water partition coefficient (Wildman–Crippen LogP) is -0.468. The van der Waals surface area contributed by atoms with Gasteiger partial charge in [0.2, 0.25) is 0 Å². The zero-order chi connectivity index (χ0) is 12.1. The van der Waals surface area contributed by atoms with Crippen LogP contribution in [0.1, 0.15) is 25.7 Å². The second kappa shape index (κ2) is 5.30. The van der Waals surface area contributed by atoms with Crippen LogP contribution in [0.4, 0.5) is 0 Å². The van der Waals surface area contributed by atoms with Gasteiger partial charge in [0.05, 0.1) is 18.4 Å². The second-order valence-electron chi connectivity index (χ2n) is 3.26. The Morgan fingerprint density at radius 1 is 0.867 bits per heavy atom. The fourth-order valence-corrected chi connectivity index (χ4v) is 1.14. The van der Waals surface area contributed by atoms with Gasteiger partial charge in [-0.15, -0.1) is 0 Å². The van der Waals surface area contributed by atoms with Crippen molar-refractivity contribution in [3.63, 3.8) is 0 Å². The van der Waals surface area contributed by atoms with Crippen LogP contribution in [-0.4, -0.2) is 43.9 Å². The van der Waals surface area contributed by atoms with E-state index in [1.165, 1.54) is 0 Å². The first-order chi connectivity index (χ1) is 6.75. The predicted molar refractivity (Wildman–Crippen MR) is 46.3 cm³/mol. The third-order valence-electron chi connectivity index (χ3n) is 1.76. The summed E-state index contributed by atoms with van der Waals surface area (Å²) in [6, 6.07) is 0. The molecule has 0 spiro atoms. The monoisotopic (exact) mass is 220 g/mol. The number of aliphatic carboxylic acids is 3. The summed E-state index contributed by atoms with van der Waals surface area (Å²) in [7, 11) is 0. The van der Waals surface area contributed by atoms with Gasteiger partial charge in [0.25, 0.3) is 0 Å². The molecule has 0 aromatic carbocycles. The highest BCUT2D eigenvalue weighted by atomic mass is 16.4.